The van der Waals surface area contributed by atoms with Gasteiger partial charge in [0.15, 0.2) is 0 Å². The van der Waals surface area contributed by atoms with Gasteiger partial charge in [0.25, 0.3) is 0 Å². The molecule has 0 heterocycles. The lowest BCUT2D eigenvalue weighted by Gasteiger charge is -2.18. The fourth-order valence-corrected chi connectivity index (χ4v) is 1.75. The molecule has 0 aliphatic rings. The van der Waals surface area contributed by atoms with E-state index in [-0.39, 0.29) is 12.6 Å². The lowest BCUT2D eigenvalue weighted by molar-refractivity contribution is -0.148. The molecule has 0 unspecified atom stereocenters. The highest BCUT2D eigenvalue weighted by atomic mass is 16.6. The molecule has 0 fully saturated rings. The van der Waals surface area contributed by atoms with Gasteiger partial charge in [-0.15, -0.1) is 0 Å². The highest BCUT2D eigenvalue weighted by Gasteiger charge is 2.14. The van der Waals surface area contributed by atoms with E-state index in [9.17, 15) is 9.59 Å². The van der Waals surface area contributed by atoms with Crippen molar-refractivity contribution in [3.8, 4) is 5.75 Å². The van der Waals surface area contributed by atoms with Crippen LogP contribution in [-0.4, -0.2) is 24.6 Å². The summed E-state index contributed by atoms with van der Waals surface area (Å²) in [6, 6.07) is 5.37. The van der Waals surface area contributed by atoms with Gasteiger partial charge in [0.05, 0.1) is 7.11 Å². The molecule has 120 valence electrons. The van der Waals surface area contributed by atoms with Crippen LogP contribution in [0.3, 0.4) is 0 Å². The highest BCUT2D eigenvalue weighted by Crippen LogP contribution is 2.24. The quantitative estimate of drug-likeness (QED) is 0.618. The van der Waals surface area contributed by atoms with Crippen molar-refractivity contribution in [2.45, 2.75) is 39.9 Å². The third kappa shape index (κ3) is 5.99. The average molecular weight is 306 g/mol. The second-order valence-electron chi connectivity index (χ2n) is 5.68. The molecule has 0 amide bonds. The summed E-state index contributed by atoms with van der Waals surface area (Å²) in [7, 11) is 1.54. The van der Waals surface area contributed by atoms with E-state index in [2.05, 4.69) is 0 Å². The van der Waals surface area contributed by atoms with Gasteiger partial charge < -0.3 is 14.2 Å². The summed E-state index contributed by atoms with van der Waals surface area (Å²) in [6.45, 7) is 6.85. The predicted octanol–water partition coefficient (Wildman–Crippen LogP) is 3.11. The maximum atomic E-state index is 11.8. The zero-order chi connectivity index (χ0) is 16.8. The topological polar surface area (TPSA) is 61.8 Å². The van der Waals surface area contributed by atoms with Crippen molar-refractivity contribution in [1.82, 2.24) is 0 Å². The molecule has 5 nitrogen and oxygen atoms in total. The first-order valence-electron chi connectivity index (χ1n) is 6.93. The minimum absolute atomic E-state index is 0.112. The second kappa shape index (κ2) is 7.64. The third-order valence-corrected chi connectivity index (χ3v) is 2.60. The lowest BCUT2D eigenvalue weighted by atomic mass is 10.1. The molecule has 22 heavy (non-hydrogen) atoms. The first-order chi connectivity index (χ1) is 10.2. The van der Waals surface area contributed by atoms with Gasteiger partial charge >= 0.3 is 11.9 Å². The summed E-state index contributed by atoms with van der Waals surface area (Å²) in [6.07, 6.45) is 2.94. The molecule has 0 saturated carbocycles. The Morgan fingerprint density at radius 2 is 1.91 bits per heavy atom. The van der Waals surface area contributed by atoms with Crippen LogP contribution in [0.25, 0.3) is 6.08 Å². The van der Waals surface area contributed by atoms with Gasteiger partial charge in [-0.05, 0) is 32.9 Å². The van der Waals surface area contributed by atoms with E-state index in [1.165, 1.54) is 20.1 Å². The molecule has 5 heteroatoms. The Labute approximate surface area is 130 Å². The SMILES string of the molecule is COc1cccc(COC(C)=O)c1/C=C/C(=O)OC(C)(C)C. The molecule has 1 aromatic carbocycles. The Morgan fingerprint density at radius 3 is 2.45 bits per heavy atom. The van der Waals surface area contributed by atoms with Gasteiger partial charge in [-0.1, -0.05) is 12.1 Å². The number of ether oxygens (including phenoxy) is 3. The molecule has 0 atom stereocenters. The Morgan fingerprint density at radius 1 is 1.23 bits per heavy atom. The van der Waals surface area contributed by atoms with Gasteiger partial charge in [0, 0.05) is 24.1 Å². The Bertz CT molecular complexity index is 567. The van der Waals surface area contributed by atoms with Crippen molar-refractivity contribution in [3.05, 3.63) is 35.4 Å². The van der Waals surface area contributed by atoms with Crippen LogP contribution >= 0.6 is 0 Å². The van der Waals surface area contributed by atoms with E-state index in [1.54, 1.807) is 45.0 Å². The number of carbonyl (C=O) groups excluding carboxylic acids is 2. The number of methoxy groups -OCH3 is 1. The van der Waals surface area contributed by atoms with Crippen molar-refractivity contribution in [2.24, 2.45) is 0 Å². The van der Waals surface area contributed by atoms with Gasteiger partial charge in [-0.2, -0.15) is 0 Å². The first kappa shape index (κ1) is 17.8. The van der Waals surface area contributed by atoms with E-state index < -0.39 is 11.6 Å². The summed E-state index contributed by atoms with van der Waals surface area (Å²) in [5.41, 5.74) is 0.870. The summed E-state index contributed by atoms with van der Waals surface area (Å²) < 4.78 is 15.5. The molecule has 0 bridgehead atoms. The van der Waals surface area contributed by atoms with Gasteiger partial charge in [0.2, 0.25) is 0 Å². The van der Waals surface area contributed by atoms with Crippen LogP contribution in [0.15, 0.2) is 24.3 Å². The number of hydrogen-bond acceptors (Lipinski definition) is 5. The van der Waals surface area contributed by atoms with Crippen LogP contribution < -0.4 is 4.74 Å². The molecule has 0 aliphatic carbocycles. The van der Waals surface area contributed by atoms with E-state index in [0.717, 1.165) is 5.56 Å². The van der Waals surface area contributed by atoms with Crippen molar-refractivity contribution >= 4 is 18.0 Å². The van der Waals surface area contributed by atoms with Crippen LogP contribution in [0.1, 0.15) is 38.8 Å². The molecule has 1 aromatic rings. The molecule has 0 aliphatic heterocycles. The van der Waals surface area contributed by atoms with Gasteiger partial charge in [-0.25, -0.2) is 4.79 Å². The minimum atomic E-state index is -0.553. The Kier molecular flexibility index (Phi) is 6.16. The lowest BCUT2D eigenvalue weighted by Crippen LogP contribution is -2.22. The van der Waals surface area contributed by atoms with Gasteiger partial charge in [-0.3, -0.25) is 4.79 Å². The normalized spacial score (nSPS) is 11.3. The maximum absolute atomic E-state index is 11.8. The average Bonchev–Trinajstić information content (AvgIpc) is 2.40. The molecule has 0 spiro atoms. The van der Waals surface area contributed by atoms with E-state index in [0.29, 0.717) is 11.3 Å². The number of esters is 2. The predicted molar refractivity (Wildman–Crippen MR) is 83.3 cm³/mol. The zero-order valence-corrected chi connectivity index (χ0v) is 13.6. The van der Waals surface area contributed by atoms with Crippen LogP contribution in [0.4, 0.5) is 0 Å². The number of benzene rings is 1. The van der Waals surface area contributed by atoms with Crippen molar-refractivity contribution in [1.29, 1.82) is 0 Å². The zero-order valence-electron chi connectivity index (χ0n) is 13.6. The molecular formula is C17H22O5. The largest absolute Gasteiger partial charge is 0.496 e. The highest BCUT2D eigenvalue weighted by molar-refractivity contribution is 5.88. The van der Waals surface area contributed by atoms with Crippen molar-refractivity contribution in [3.63, 3.8) is 0 Å². The number of rotatable bonds is 5. The second-order valence-corrected chi connectivity index (χ2v) is 5.68. The number of hydrogen-bond donors (Lipinski definition) is 0. The molecular weight excluding hydrogens is 284 g/mol. The maximum Gasteiger partial charge on any atom is 0.331 e. The summed E-state index contributed by atoms with van der Waals surface area (Å²) >= 11 is 0. The monoisotopic (exact) mass is 306 g/mol. The minimum Gasteiger partial charge on any atom is -0.496 e. The van der Waals surface area contributed by atoms with Crippen LogP contribution in [0, 0.1) is 0 Å². The third-order valence-electron chi connectivity index (χ3n) is 2.60. The van der Waals surface area contributed by atoms with Crippen LogP contribution in [-0.2, 0) is 25.7 Å². The van der Waals surface area contributed by atoms with Crippen molar-refractivity contribution in [2.75, 3.05) is 7.11 Å². The molecule has 0 N–H and O–H groups in total. The summed E-state index contributed by atoms with van der Waals surface area (Å²) in [5, 5.41) is 0. The molecule has 0 radical (unpaired) electrons. The van der Waals surface area contributed by atoms with E-state index in [1.807, 2.05) is 0 Å². The van der Waals surface area contributed by atoms with E-state index >= 15 is 0 Å². The molecule has 0 aromatic heterocycles. The standard InChI is InChI=1S/C17H22O5/c1-12(18)21-11-13-7-6-8-15(20-5)14(13)9-10-16(19)22-17(2,3)4/h6-10H,11H2,1-5H3/b10-9+. The summed E-state index contributed by atoms with van der Waals surface area (Å²) in [4.78, 5) is 22.7. The fraction of sp³-hybridized carbons (Fsp3) is 0.412. The fourth-order valence-electron chi connectivity index (χ4n) is 1.75. The van der Waals surface area contributed by atoms with Crippen LogP contribution in [0.2, 0.25) is 0 Å². The van der Waals surface area contributed by atoms with E-state index in [4.69, 9.17) is 14.2 Å². The van der Waals surface area contributed by atoms with Crippen LogP contribution in [0.5, 0.6) is 5.75 Å². The smallest absolute Gasteiger partial charge is 0.331 e. The summed E-state index contributed by atoms with van der Waals surface area (Å²) in [5.74, 6) is -0.230. The van der Waals surface area contributed by atoms with Gasteiger partial charge in [0.1, 0.15) is 18.0 Å². The van der Waals surface area contributed by atoms with Crippen molar-refractivity contribution < 1.29 is 23.8 Å². The molecule has 1 rings (SSSR count). The first-order valence-corrected chi connectivity index (χ1v) is 6.93. The Hall–Kier alpha value is -2.30. The Balaban J connectivity index is 3.00. The molecule has 0 saturated heterocycles. The number of carbonyl (C=O) groups is 2.